The van der Waals surface area contributed by atoms with E-state index in [1.165, 1.54) is 24.5 Å². The number of amides is 1. The van der Waals surface area contributed by atoms with Gasteiger partial charge in [0, 0.05) is 55.1 Å². The molecule has 1 saturated heterocycles. The van der Waals surface area contributed by atoms with Crippen LogP contribution in [0.5, 0.6) is 0 Å². The molecule has 1 fully saturated rings. The zero-order valence-corrected chi connectivity index (χ0v) is 15.8. The molecule has 1 aromatic carbocycles. The maximum absolute atomic E-state index is 13.6. The van der Waals surface area contributed by atoms with Crippen molar-refractivity contribution in [3.8, 4) is 0 Å². The van der Waals surface area contributed by atoms with E-state index in [-0.39, 0.29) is 17.5 Å². The largest absolute Gasteiger partial charge is 0.337 e. The number of benzene rings is 1. The molecule has 1 aromatic rings. The summed E-state index contributed by atoms with van der Waals surface area (Å²) in [5, 5.41) is 0. The summed E-state index contributed by atoms with van der Waals surface area (Å²) in [6.07, 6.45) is 4.06. The van der Waals surface area contributed by atoms with Crippen LogP contribution in [0.25, 0.3) is 6.08 Å². The first kappa shape index (κ1) is 19.1. The minimum Gasteiger partial charge on any atom is -0.337 e. The van der Waals surface area contributed by atoms with Gasteiger partial charge >= 0.3 is 0 Å². The van der Waals surface area contributed by atoms with Gasteiger partial charge in [-0.1, -0.05) is 15.9 Å². The Hall–Kier alpha value is -1.25. The van der Waals surface area contributed by atoms with Gasteiger partial charge in [-0.25, -0.2) is 12.8 Å². The molecular formula is C16H20BrFN2O3S. The van der Waals surface area contributed by atoms with Crippen LogP contribution in [0, 0.1) is 5.82 Å². The number of rotatable bonds is 5. The van der Waals surface area contributed by atoms with Crippen molar-refractivity contribution in [1.29, 1.82) is 0 Å². The van der Waals surface area contributed by atoms with E-state index in [1.807, 2.05) is 4.90 Å². The zero-order valence-electron chi connectivity index (χ0n) is 13.4. The normalized spacial score (nSPS) is 16.7. The monoisotopic (exact) mass is 418 g/mol. The molecule has 0 saturated carbocycles. The molecule has 0 unspecified atom stereocenters. The lowest BCUT2D eigenvalue weighted by Gasteiger charge is -2.34. The van der Waals surface area contributed by atoms with E-state index < -0.39 is 9.84 Å². The topological polar surface area (TPSA) is 57.7 Å². The predicted molar refractivity (Wildman–Crippen MR) is 95.9 cm³/mol. The second-order valence-corrected chi connectivity index (χ2v) is 8.97. The highest BCUT2D eigenvalue weighted by atomic mass is 79.9. The Labute approximate surface area is 150 Å². The van der Waals surface area contributed by atoms with Crippen LogP contribution in [0.3, 0.4) is 0 Å². The molecule has 0 atom stereocenters. The standard InChI is InChI=1S/C16H20BrFN2O3S/c1-24(22,23)11-10-19-6-8-20(9-7-19)16(21)5-2-13-12-14(17)3-4-15(13)18/h2-5,12H,6-11H2,1H3/b5-2+. The number of hydrogen-bond acceptors (Lipinski definition) is 4. The molecule has 0 spiro atoms. The fraction of sp³-hybridized carbons (Fsp3) is 0.438. The Kier molecular flexibility index (Phi) is 6.54. The number of sulfone groups is 1. The molecule has 132 valence electrons. The maximum atomic E-state index is 13.6. The molecule has 1 aliphatic rings. The summed E-state index contributed by atoms with van der Waals surface area (Å²) < 4.78 is 36.8. The van der Waals surface area contributed by atoms with Crippen molar-refractivity contribution in [2.45, 2.75) is 0 Å². The number of hydrogen-bond donors (Lipinski definition) is 0. The van der Waals surface area contributed by atoms with E-state index in [0.29, 0.717) is 38.3 Å². The molecule has 0 aromatic heterocycles. The molecule has 1 amide bonds. The average molecular weight is 419 g/mol. The smallest absolute Gasteiger partial charge is 0.246 e. The van der Waals surface area contributed by atoms with Crippen molar-refractivity contribution in [3.63, 3.8) is 0 Å². The summed E-state index contributed by atoms with van der Waals surface area (Å²) in [5.41, 5.74) is 0.351. The average Bonchev–Trinajstić information content (AvgIpc) is 2.53. The Morgan fingerprint density at radius 3 is 2.58 bits per heavy atom. The van der Waals surface area contributed by atoms with E-state index in [2.05, 4.69) is 15.9 Å². The molecule has 0 aliphatic carbocycles. The van der Waals surface area contributed by atoms with Crippen molar-refractivity contribution in [2.24, 2.45) is 0 Å². The third-order valence-corrected chi connectivity index (χ3v) is 5.24. The maximum Gasteiger partial charge on any atom is 0.246 e. The Bertz CT molecular complexity index is 729. The summed E-state index contributed by atoms with van der Waals surface area (Å²) in [5.74, 6) is -0.423. The third kappa shape index (κ3) is 5.99. The number of carbonyl (C=O) groups is 1. The summed E-state index contributed by atoms with van der Waals surface area (Å²) in [6.45, 7) is 2.84. The van der Waals surface area contributed by atoms with E-state index in [1.54, 1.807) is 17.0 Å². The first-order chi connectivity index (χ1) is 11.2. The van der Waals surface area contributed by atoms with Crippen LogP contribution in [0.15, 0.2) is 28.7 Å². The fourth-order valence-corrected chi connectivity index (χ4v) is 3.36. The van der Waals surface area contributed by atoms with Crippen molar-refractivity contribution in [2.75, 3.05) is 44.7 Å². The number of halogens is 2. The van der Waals surface area contributed by atoms with Gasteiger partial charge in [-0.2, -0.15) is 0 Å². The molecule has 0 radical (unpaired) electrons. The van der Waals surface area contributed by atoms with Crippen LogP contribution in [-0.2, 0) is 14.6 Å². The van der Waals surface area contributed by atoms with Gasteiger partial charge in [0.05, 0.1) is 5.75 Å². The Morgan fingerprint density at radius 1 is 1.29 bits per heavy atom. The summed E-state index contributed by atoms with van der Waals surface area (Å²) in [6, 6.07) is 4.56. The molecule has 1 aliphatic heterocycles. The second-order valence-electron chi connectivity index (χ2n) is 5.80. The Balaban J connectivity index is 1.86. The predicted octanol–water partition coefficient (Wildman–Crippen LogP) is 1.79. The lowest BCUT2D eigenvalue weighted by Crippen LogP contribution is -2.49. The highest BCUT2D eigenvalue weighted by Gasteiger charge is 2.20. The van der Waals surface area contributed by atoms with Crippen LogP contribution in [0.1, 0.15) is 5.56 Å². The third-order valence-electron chi connectivity index (χ3n) is 3.83. The number of nitrogens with zero attached hydrogens (tertiary/aromatic N) is 2. The van der Waals surface area contributed by atoms with Crippen LogP contribution in [0.4, 0.5) is 4.39 Å². The zero-order chi connectivity index (χ0) is 17.7. The quantitative estimate of drug-likeness (QED) is 0.683. The molecule has 0 bridgehead atoms. The van der Waals surface area contributed by atoms with E-state index in [0.717, 1.165) is 4.47 Å². The lowest BCUT2D eigenvalue weighted by atomic mass is 10.2. The van der Waals surface area contributed by atoms with Crippen LogP contribution in [-0.4, -0.2) is 68.9 Å². The lowest BCUT2D eigenvalue weighted by molar-refractivity contribution is -0.127. The van der Waals surface area contributed by atoms with Crippen molar-refractivity contribution in [3.05, 3.63) is 40.1 Å². The van der Waals surface area contributed by atoms with Gasteiger partial charge in [0.2, 0.25) is 5.91 Å². The highest BCUT2D eigenvalue weighted by molar-refractivity contribution is 9.10. The summed E-state index contributed by atoms with van der Waals surface area (Å²) in [4.78, 5) is 15.9. The SMILES string of the molecule is CS(=O)(=O)CCN1CCN(C(=O)/C=C/c2cc(Br)ccc2F)CC1. The highest BCUT2D eigenvalue weighted by Crippen LogP contribution is 2.17. The van der Waals surface area contributed by atoms with E-state index in [4.69, 9.17) is 0 Å². The minimum atomic E-state index is -2.97. The first-order valence-corrected chi connectivity index (χ1v) is 10.4. The van der Waals surface area contributed by atoms with Gasteiger partial charge in [0.25, 0.3) is 0 Å². The Morgan fingerprint density at radius 2 is 1.96 bits per heavy atom. The van der Waals surface area contributed by atoms with Crippen LogP contribution in [0.2, 0.25) is 0 Å². The van der Waals surface area contributed by atoms with Crippen LogP contribution < -0.4 is 0 Å². The molecule has 1 heterocycles. The molecule has 8 heteroatoms. The van der Waals surface area contributed by atoms with Gasteiger partial charge in [0.15, 0.2) is 0 Å². The number of carbonyl (C=O) groups excluding carboxylic acids is 1. The molecule has 0 N–H and O–H groups in total. The van der Waals surface area contributed by atoms with Crippen molar-refractivity contribution >= 4 is 37.8 Å². The summed E-state index contributed by atoms with van der Waals surface area (Å²) >= 11 is 3.27. The molecule has 24 heavy (non-hydrogen) atoms. The molecule has 2 rings (SSSR count). The summed E-state index contributed by atoms with van der Waals surface area (Å²) in [7, 11) is -2.97. The minimum absolute atomic E-state index is 0.128. The van der Waals surface area contributed by atoms with Gasteiger partial charge in [-0.3, -0.25) is 9.69 Å². The van der Waals surface area contributed by atoms with E-state index >= 15 is 0 Å². The first-order valence-electron chi connectivity index (χ1n) is 7.57. The van der Waals surface area contributed by atoms with Gasteiger partial charge in [-0.15, -0.1) is 0 Å². The van der Waals surface area contributed by atoms with Crippen LogP contribution >= 0.6 is 15.9 Å². The van der Waals surface area contributed by atoms with Gasteiger partial charge in [-0.05, 0) is 24.3 Å². The van der Waals surface area contributed by atoms with E-state index in [9.17, 15) is 17.6 Å². The molecule has 5 nitrogen and oxygen atoms in total. The van der Waals surface area contributed by atoms with Crippen molar-refractivity contribution < 1.29 is 17.6 Å². The molecular weight excluding hydrogens is 399 g/mol. The number of piperazine rings is 1. The second kappa shape index (κ2) is 8.22. The van der Waals surface area contributed by atoms with Gasteiger partial charge in [0.1, 0.15) is 15.7 Å². The van der Waals surface area contributed by atoms with Gasteiger partial charge < -0.3 is 4.90 Å². The van der Waals surface area contributed by atoms with Crippen molar-refractivity contribution in [1.82, 2.24) is 9.80 Å². The fourth-order valence-electron chi connectivity index (χ4n) is 2.40.